The van der Waals surface area contributed by atoms with Crippen molar-refractivity contribution in [2.45, 2.75) is 6.42 Å². The molecule has 6 heteroatoms. The van der Waals surface area contributed by atoms with Gasteiger partial charge >= 0.3 is 0 Å². The van der Waals surface area contributed by atoms with Gasteiger partial charge in [0.05, 0.1) is 5.52 Å². The zero-order chi connectivity index (χ0) is 17.1. The normalized spacial score (nSPS) is 11.2. The Balaban J connectivity index is 1.73. The zero-order valence-corrected chi connectivity index (χ0v) is 13.1. The van der Waals surface area contributed by atoms with Gasteiger partial charge in [0.2, 0.25) is 0 Å². The molecule has 0 radical (unpaired) electrons. The first-order valence-electron chi connectivity index (χ1n) is 7.43. The van der Waals surface area contributed by atoms with Gasteiger partial charge in [-0.05, 0) is 29.3 Å². The molecule has 0 spiro atoms. The van der Waals surface area contributed by atoms with Crippen LogP contribution in [0.25, 0.3) is 17.1 Å². The van der Waals surface area contributed by atoms with Crippen molar-refractivity contribution in [3.8, 4) is 5.75 Å². The van der Waals surface area contributed by atoms with Gasteiger partial charge in [0.25, 0.3) is 5.91 Å². The molecule has 3 N–H and O–H groups in total. The monoisotopic (exact) mass is 323 g/mol. The lowest BCUT2D eigenvalue weighted by Gasteiger charge is -2.03. The van der Waals surface area contributed by atoms with E-state index in [-0.39, 0.29) is 5.75 Å². The Labute approximate surface area is 138 Å². The summed E-state index contributed by atoms with van der Waals surface area (Å²) in [7, 11) is 1.28. The van der Waals surface area contributed by atoms with Gasteiger partial charge in [-0.25, -0.2) is 10.0 Å². The summed E-state index contributed by atoms with van der Waals surface area (Å²) in [6, 6.07) is 12.9. The number of amides is 1. The highest BCUT2D eigenvalue weighted by Gasteiger charge is 2.07. The lowest BCUT2D eigenvalue weighted by atomic mass is 10.1. The number of nitrogens with zero attached hydrogens (tertiary/aromatic N) is 2. The van der Waals surface area contributed by atoms with Crippen LogP contribution in [0.5, 0.6) is 5.75 Å². The number of aromatic nitrogens is 2. The van der Waals surface area contributed by atoms with Crippen molar-refractivity contribution in [3.05, 3.63) is 65.5 Å². The van der Waals surface area contributed by atoms with E-state index in [0.717, 1.165) is 22.5 Å². The molecule has 3 rings (SSSR count). The molecule has 0 aliphatic rings. The molecular formula is C18H17N3O3. The van der Waals surface area contributed by atoms with E-state index in [0.29, 0.717) is 17.0 Å². The number of likely N-dealkylation sites (N-methyl/N-ethyl adjacent to an activating group) is 1. The molecule has 0 saturated carbocycles. The number of nitrogens with one attached hydrogen (secondary N) is 1. The second-order valence-electron chi connectivity index (χ2n) is 5.47. The minimum atomic E-state index is -0.485. The summed E-state index contributed by atoms with van der Waals surface area (Å²) in [5, 5.41) is 19.3. The summed E-state index contributed by atoms with van der Waals surface area (Å²) in [4.78, 5) is 18.9. The lowest BCUT2D eigenvalue weighted by Crippen LogP contribution is -2.19. The van der Waals surface area contributed by atoms with Crippen LogP contribution < -0.4 is 0 Å². The molecule has 24 heavy (non-hydrogen) atoms. The van der Waals surface area contributed by atoms with E-state index >= 15 is 0 Å². The SMILES string of the molecule is CN(O)C(=O)/C=C/c1ccc(Cc2nc3c(O)cccc3[nH]2)cc1. The lowest BCUT2D eigenvalue weighted by molar-refractivity contribution is -0.153. The first-order valence-corrected chi connectivity index (χ1v) is 7.43. The number of aromatic hydroxyl groups is 1. The molecule has 0 aliphatic carbocycles. The standard InChI is InChI=1S/C18H17N3O3/c1-21(24)17(23)10-9-12-5-7-13(8-6-12)11-16-19-14-3-2-4-15(22)18(14)20-16/h2-10,22,24H,11H2,1H3,(H,19,20)/b10-9+. The van der Waals surface area contributed by atoms with Gasteiger partial charge in [-0.1, -0.05) is 30.3 Å². The third kappa shape index (κ3) is 3.44. The number of hydroxylamine groups is 2. The molecule has 0 aliphatic heterocycles. The van der Waals surface area contributed by atoms with Crippen LogP contribution in [0.1, 0.15) is 17.0 Å². The number of rotatable bonds is 4. The van der Waals surface area contributed by atoms with Crippen LogP contribution >= 0.6 is 0 Å². The van der Waals surface area contributed by atoms with Crippen molar-refractivity contribution >= 4 is 23.0 Å². The average Bonchev–Trinajstić information content (AvgIpc) is 2.98. The van der Waals surface area contributed by atoms with Crippen LogP contribution in [-0.2, 0) is 11.2 Å². The van der Waals surface area contributed by atoms with Crippen molar-refractivity contribution < 1.29 is 15.1 Å². The maximum atomic E-state index is 11.3. The molecule has 0 saturated heterocycles. The summed E-state index contributed by atoms with van der Waals surface area (Å²) in [6.07, 6.45) is 3.55. The second kappa shape index (κ2) is 6.55. The molecule has 0 fully saturated rings. The molecule has 0 unspecified atom stereocenters. The summed E-state index contributed by atoms with van der Waals surface area (Å²) < 4.78 is 0. The van der Waals surface area contributed by atoms with Gasteiger partial charge in [0.15, 0.2) is 0 Å². The van der Waals surface area contributed by atoms with Crippen molar-refractivity contribution in [2.75, 3.05) is 7.05 Å². The molecule has 2 aromatic carbocycles. The second-order valence-corrected chi connectivity index (χ2v) is 5.47. The Kier molecular flexibility index (Phi) is 4.31. The summed E-state index contributed by atoms with van der Waals surface area (Å²) >= 11 is 0. The van der Waals surface area contributed by atoms with Gasteiger partial charge in [-0.15, -0.1) is 0 Å². The highest BCUT2D eigenvalue weighted by atomic mass is 16.5. The number of aromatic amines is 1. The number of fused-ring (bicyclic) bond motifs is 1. The van der Waals surface area contributed by atoms with E-state index in [1.807, 2.05) is 30.3 Å². The smallest absolute Gasteiger partial charge is 0.269 e. The Bertz CT molecular complexity index is 896. The highest BCUT2D eigenvalue weighted by Crippen LogP contribution is 2.22. The van der Waals surface area contributed by atoms with E-state index in [9.17, 15) is 9.90 Å². The Morgan fingerprint density at radius 2 is 2.00 bits per heavy atom. The molecule has 6 nitrogen and oxygen atoms in total. The number of imidazole rings is 1. The van der Waals surface area contributed by atoms with Gasteiger partial charge in [0, 0.05) is 19.5 Å². The van der Waals surface area contributed by atoms with Crippen LogP contribution in [-0.4, -0.2) is 38.3 Å². The number of benzene rings is 2. The van der Waals surface area contributed by atoms with Gasteiger partial charge in [-0.2, -0.15) is 0 Å². The van der Waals surface area contributed by atoms with Crippen LogP contribution in [0.3, 0.4) is 0 Å². The number of phenolic OH excluding ortho intramolecular Hbond substituents is 1. The number of carbonyl (C=O) groups is 1. The Morgan fingerprint density at radius 3 is 2.67 bits per heavy atom. The van der Waals surface area contributed by atoms with Gasteiger partial charge in [-0.3, -0.25) is 10.0 Å². The van der Waals surface area contributed by atoms with E-state index in [1.165, 1.54) is 13.1 Å². The summed E-state index contributed by atoms with van der Waals surface area (Å²) in [6.45, 7) is 0. The molecule has 3 aromatic rings. The number of para-hydroxylation sites is 1. The van der Waals surface area contributed by atoms with Crippen LogP contribution in [0.4, 0.5) is 0 Å². The van der Waals surface area contributed by atoms with Crippen molar-refractivity contribution in [1.82, 2.24) is 15.0 Å². The molecule has 122 valence electrons. The fourth-order valence-corrected chi connectivity index (χ4v) is 2.37. The molecule has 0 bridgehead atoms. The number of hydrogen-bond acceptors (Lipinski definition) is 4. The zero-order valence-electron chi connectivity index (χ0n) is 13.1. The van der Waals surface area contributed by atoms with Crippen molar-refractivity contribution in [1.29, 1.82) is 0 Å². The number of H-pyrrole nitrogens is 1. The molecule has 0 atom stereocenters. The van der Waals surface area contributed by atoms with Crippen LogP contribution in [0.2, 0.25) is 0 Å². The fourth-order valence-electron chi connectivity index (χ4n) is 2.37. The maximum absolute atomic E-state index is 11.3. The predicted molar refractivity (Wildman–Crippen MR) is 90.6 cm³/mol. The van der Waals surface area contributed by atoms with E-state index < -0.39 is 5.91 Å². The first-order chi connectivity index (χ1) is 11.5. The maximum Gasteiger partial charge on any atom is 0.269 e. The van der Waals surface area contributed by atoms with Crippen LogP contribution in [0, 0.1) is 0 Å². The Morgan fingerprint density at radius 1 is 1.25 bits per heavy atom. The quantitative estimate of drug-likeness (QED) is 0.391. The van der Waals surface area contributed by atoms with Crippen molar-refractivity contribution in [2.24, 2.45) is 0 Å². The first kappa shape index (κ1) is 15.8. The van der Waals surface area contributed by atoms with E-state index in [2.05, 4.69) is 9.97 Å². The number of hydrogen-bond donors (Lipinski definition) is 3. The summed E-state index contributed by atoms with van der Waals surface area (Å²) in [5.74, 6) is 0.446. The topological polar surface area (TPSA) is 89.4 Å². The molecule has 1 amide bonds. The number of phenols is 1. The molecule has 1 aromatic heterocycles. The van der Waals surface area contributed by atoms with Gasteiger partial charge < -0.3 is 10.1 Å². The number of carbonyl (C=O) groups excluding carboxylic acids is 1. The Hall–Kier alpha value is -3.12. The molecule has 1 heterocycles. The van der Waals surface area contributed by atoms with Crippen LogP contribution in [0.15, 0.2) is 48.5 Å². The van der Waals surface area contributed by atoms with Gasteiger partial charge in [0.1, 0.15) is 17.1 Å². The molecular weight excluding hydrogens is 306 g/mol. The van der Waals surface area contributed by atoms with Crippen molar-refractivity contribution in [3.63, 3.8) is 0 Å². The fraction of sp³-hybridized carbons (Fsp3) is 0.111. The largest absolute Gasteiger partial charge is 0.506 e. The highest BCUT2D eigenvalue weighted by molar-refractivity contribution is 5.90. The third-order valence-corrected chi connectivity index (χ3v) is 3.63. The van der Waals surface area contributed by atoms with E-state index in [1.54, 1.807) is 18.2 Å². The third-order valence-electron chi connectivity index (χ3n) is 3.63. The minimum absolute atomic E-state index is 0.161. The predicted octanol–water partition coefficient (Wildman–Crippen LogP) is 2.72. The summed E-state index contributed by atoms with van der Waals surface area (Å²) in [5.41, 5.74) is 3.28. The van der Waals surface area contributed by atoms with E-state index in [4.69, 9.17) is 5.21 Å². The minimum Gasteiger partial charge on any atom is -0.506 e. The average molecular weight is 323 g/mol.